The van der Waals surface area contributed by atoms with Crippen LogP contribution in [0, 0.1) is 0 Å². The van der Waals surface area contributed by atoms with Crippen LogP contribution in [-0.2, 0) is 10.3 Å². The van der Waals surface area contributed by atoms with Crippen LogP contribution >= 0.6 is 11.6 Å². The lowest BCUT2D eigenvalue weighted by Gasteiger charge is -2.30. The molecule has 2 unspecified atom stereocenters. The Morgan fingerprint density at radius 3 is 2.57 bits per heavy atom. The monoisotopic (exact) mass is 312 g/mol. The van der Waals surface area contributed by atoms with E-state index in [9.17, 15) is 9.59 Å². The molecule has 1 aromatic rings. The zero-order valence-electron chi connectivity index (χ0n) is 12.4. The quantitative estimate of drug-likeness (QED) is 0.853. The molecule has 2 fully saturated rings. The molecule has 2 atom stereocenters. The number of H-pyrrole nitrogens is 1. The topological polar surface area (TPSA) is 64.1 Å². The molecule has 0 radical (unpaired) electrons. The molecule has 6 heteroatoms. The molecular formula is C15H21ClN2O3. The van der Waals surface area contributed by atoms with Gasteiger partial charge in [-0.15, -0.1) is 0 Å². The third-order valence-corrected chi connectivity index (χ3v) is 5.51. The van der Waals surface area contributed by atoms with Crippen molar-refractivity contribution in [2.75, 3.05) is 6.61 Å². The highest BCUT2D eigenvalue weighted by Gasteiger charge is 2.42. The number of halogens is 1. The van der Waals surface area contributed by atoms with Crippen molar-refractivity contribution >= 4 is 11.6 Å². The van der Waals surface area contributed by atoms with Gasteiger partial charge in [-0.2, -0.15) is 0 Å². The maximum Gasteiger partial charge on any atom is 0.330 e. The van der Waals surface area contributed by atoms with Gasteiger partial charge in [0.1, 0.15) is 5.15 Å². The first kappa shape index (κ1) is 14.9. The Bertz CT molecular complexity index is 660. The Balaban J connectivity index is 2.19. The second-order valence-corrected chi connectivity index (χ2v) is 6.78. The minimum atomic E-state index is -0.609. The van der Waals surface area contributed by atoms with Crippen molar-refractivity contribution in [3.8, 4) is 0 Å². The number of hydrogen-bond acceptors (Lipinski definition) is 3. The summed E-state index contributed by atoms with van der Waals surface area (Å²) < 4.78 is 6.92. The number of nitrogens with one attached hydrogen (secondary N) is 1. The van der Waals surface area contributed by atoms with Crippen LogP contribution in [0.25, 0.3) is 0 Å². The van der Waals surface area contributed by atoms with Gasteiger partial charge in [0, 0.05) is 6.61 Å². The number of hydrogen-bond donors (Lipinski definition) is 1. The Morgan fingerprint density at radius 1 is 1.33 bits per heavy atom. The Kier molecular flexibility index (Phi) is 3.74. The SMILES string of the molecule is CC1OCCC1(C)n1c(=O)[nH]c(Cl)c(C2CCCC2)c1=O. The Labute approximate surface area is 128 Å². The Hall–Kier alpha value is -1.07. The van der Waals surface area contributed by atoms with Crippen LogP contribution in [0.4, 0.5) is 0 Å². The third kappa shape index (κ3) is 2.27. The third-order valence-electron chi connectivity index (χ3n) is 5.22. The largest absolute Gasteiger partial charge is 0.376 e. The average molecular weight is 313 g/mol. The first-order chi connectivity index (χ1) is 9.95. The Morgan fingerprint density at radius 2 is 2.00 bits per heavy atom. The number of aromatic nitrogens is 2. The summed E-state index contributed by atoms with van der Waals surface area (Å²) >= 11 is 6.18. The molecule has 0 bridgehead atoms. The molecule has 5 nitrogen and oxygen atoms in total. The van der Waals surface area contributed by atoms with Crippen molar-refractivity contribution in [3.63, 3.8) is 0 Å². The number of rotatable bonds is 2. The lowest BCUT2D eigenvalue weighted by atomic mass is 9.93. The van der Waals surface area contributed by atoms with Gasteiger partial charge in [-0.1, -0.05) is 24.4 Å². The summed E-state index contributed by atoms with van der Waals surface area (Å²) in [5.74, 6) is 0.161. The predicted molar refractivity (Wildman–Crippen MR) is 81.2 cm³/mol. The molecule has 0 amide bonds. The molecule has 116 valence electrons. The smallest absolute Gasteiger partial charge is 0.330 e. The summed E-state index contributed by atoms with van der Waals surface area (Å²) in [5.41, 5.74) is -0.709. The minimum Gasteiger partial charge on any atom is -0.376 e. The molecule has 1 saturated carbocycles. The van der Waals surface area contributed by atoms with Crippen molar-refractivity contribution in [2.24, 2.45) is 0 Å². The summed E-state index contributed by atoms with van der Waals surface area (Å²) in [6, 6.07) is 0. The van der Waals surface area contributed by atoms with Gasteiger partial charge in [-0.25, -0.2) is 4.79 Å². The van der Waals surface area contributed by atoms with Crippen molar-refractivity contribution in [1.82, 2.24) is 9.55 Å². The van der Waals surface area contributed by atoms with Crippen LogP contribution in [0.5, 0.6) is 0 Å². The lowest BCUT2D eigenvalue weighted by molar-refractivity contribution is 0.0724. The van der Waals surface area contributed by atoms with Crippen LogP contribution in [0.2, 0.25) is 5.15 Å². The van der Waals surface area contributed by atoms with E-state index in [0.29, 0.717) is 18.6 Å². The second kappa shape index (κ2) is 5.29. The van der Waals surface area contributed by atoms with E-state index >= 15 is 0 Å². The van der Waals surface area contributed by atoms with E-state index in [1.54, 1.807) is 0 Å². The maximum absolute atomic E-state index is 12.9. The fraction of sp³-hybridized carbons (Fsp3) is 0.733. The number of aromatic amines is 1. The molecule has 1 N–H and O–H groups in total. The molecule has 3 rings (SSSR count). The highest BCUT2D eigenvalue weighted by molar-refractivity contribution is 6.30. The maximum atomic E-state index is 12.9. The molecule has 1 aliphatic carbocycles. The second-order valence-electron chi connectivity index (χ2n) is 6.40. The molecule has 2 aliphatic rings. The first-order valence-electron chi connectivity index (χ1n) is 7.62. The van der Waals surface area contributed by atoms with Gasteiger partial charge in [-0.05, 0) is 39.0 Å². The average Bonchev–Trinajstić information content (AvgIpc) is 3.01. The van der Waals surface area contributed by atoms with Gasteiger partial charge in [0.2, 0.25) is 0 Å². The summed E-state index contributed by atoms with van der Waals surface area (Å²) in [6.07, 6.45) is 4.62. The summed E-state index contributed by atoms with van der Waals surface area (Å²) in [5, 5.41) is 0.211. The van der Waals surface area contributed by atoms with E-state index in [-0.39, 0.29) is 22.7 Å². The molecular weight excluding hydrogens is 292 g/mol. The van der Waals surface area contributed by atoms with E-state index in [4.69, 9.17) is 16.3 Å². The van der Waals surface area contributed by atoms with Crippen molar-refractivity contribution in [1.29, 1.82) is 0 Å². The van der Waals surface area contributed by atoms with E-state index in [1.807, 2.05) is 13.8 Å². The van der Waals surface area contributed by atoms with Crippen molar-refractivity contribution in [3.05, 3.63) is 31.6 Å². The standard InChI is InChI=1S/C15H21ClN2O3/c1-9-15(2,7-8-21-9)18-13(19)11(10-5-3-4-6-10)12(16)17-14(18)20/h9-10H,3-8H2,1-2H3,(H,17,20). The predicted octanol–water partition coefficient (Wildman–Crippen LogP) is 2.37. The van der Waals surface area contributed by atoms with Crippen LogP contribution < -0.4 is 11.2 Å². The molecule has 1 saturated heterocycles. The zero-order chi connectivity index (χ0) is 15.2. The van der Waals surface area contributed by atoms with Crippen molar-refractivity contribution < 1.29 is 4.74 Å². The van der Waals surface area contributed by atoms with Gasteiger partial charge < -0.3 is 4.74 Å². The molecule has 1 aliphatic heterocycles. The highest BCUT2D eigenvalue weighted by Crippen LogP contribution is 2.36. The number of ether oxygens (including phenoxy) is 1. The fourth-order valence-corrected chi connectivity index (χ4v) is 3.99. The van der Waals surface area contributed by atoms with E-state index in [0.717, 1.165) is 25.7 Å². The fourth-order valence-electron chi connectivity index (χ4n) is 3.67. The van der Waals surface area contributed by atoms with Gasteiger partial charge in [0.05, 0.1) is 17.2 Å². The van der Waals surface area contributed by atoms with Crippen LogP contribution in [0.15, 0.2) is 9.59 Å². The minimum absolute atomic E-state index is 0.161. The van der Waals surface area contributed by atoms with Crippen LogP contribution in [-0.4, -0.2) is 22.3 Å². The zero-order valence-corrected chi connectivity index (χ0v) is 13.2. The van der Waals surface area contributed by atoms with Gasteiger partial charge in [0.25, 0.3) is 5.56 Å². The molecule has 0 aromatic carbocycles. The summed E-state index contributed by atoms with van der Waals surface area (Å²) in [6.45, 7) is 4.38. The molecule has 0 spiro atoms. The van der Waals surface area contributed by atoms with Crippen molar-refractivity contribution in [2.45, 2.75) is 63.5 Å². The van der Waals surface area contributed by atoms with Gasteiger partial charge in [-0.3, -0.25) is 14.3 Å². The van der Waals surface area contributed by atoms with Crippen LogP contribution in [0.3, 0.4) is 0 Å². The number of nitrogens with zero attached hydrogens (tertiary/aromatic N) is 1. The molecule has 2 heterocycles. The van der Waals surface area contributed by atoms with E-state index in [1.165, 1.54) is 4.57 Å². The summed E-state index contributed by atoms with van der Waals surface area (Å²) in [7, 11) is 0. The normalized spacial score (nSPS) is 30.1. The van der Waals surface area contributed by atoms with Crippen LogP contribution in [0.1, 0.15) is 57.4 Å². The van der Waals surface area contributed by atoms with E-state index < -0.39 is 11.2 Å². The molecule has 21 heavy (non-hydrogen) atoms. The first-order valence-corrected chi connectivity index (χ1v) is 8.00. The highest BCUT2D eigenvalue weighted by atomic mass is 35.5. The summed E-state index contributed by atoms with van der Waals surface area (Å²) in [4.78, 5) is 27.9. The lowest BCUT2D eigenvalue weighted by Crippen LogP contribution is -2.52. The molecule has 1 aromatic heterocycles. The van der Waals surface area contributed by atoms with Gasteiger partial charge in [0.15, 0.2) is 0 Å². The van der Waals surface area contributed by atoms with Gasteiger partial charge >= 0.3 is 5.69 Å². The van der Waals surface area contributed by atoms with E-state index in [2.05, 4.69) is 4.98 Å².